The summed E-state index contributed by atoms with van der Waals surface area (Å²) >= 11 is 7.20. The second-order valence-electron chi connectivity index (χ2n) is 18.1. The number of azide groups is 1. The molecule has 10 rings (SSSR count). The number of halogens is 2. The highest BCUT2D eigenvalue weighted by atomic mass is 79.9. The Kier molecular flexibility index (Phi) is 19.1. The molecular formula is C60H56Br2N8O9. The van der Waals surface area contributed by atoms with Gasteiger partial charge in [-0.3, -0.25) is 0 Å². The minimum absolute atomic E-state index is 0.192. The van der Waals surface area contributed by atoms with Gasteiger partial charge in [0.2, 0.25) is 17.8 Å². The van der Waals surface area contributed by atoms with Crippen LogP contribution in [0.4, 0.5) is 11.4 Å². The van der Waals surface area contributed by atoms with Crippen molar-refractivity contribution in [2.24, 2.45) is 20.1 Å². The van der Waals surface area contributed by atoms with E-state index in [-0.39, 0.29) is 25.4 Å². The number of pyridine rings is 2. The van der Waals surface area contributed by atoms with E-state index in [1.807, 2.05) is 85.8 Å². The van der Waals surface area contributed by atoms with E-state index in [1.165, 1.54) is 13.2 Å². The van der Waals surface area contributed by atoms with Gasteiger partial charge >= 0.3 is 0 Å². The Bertz CT molecular complexity index is 3680. The van der Waals surface area contributed by atoms with Crippen LogP contribution >= 0.6 is 31.9 Å². The van der Waals surface area contributed by atoms with E-state index in [9.17, 15) is 4.79 Å². The van der Waals surface area contributed by atoms with Crippen molar-refractivity contribution < 1.29 is 42.7 Å². The first-order valence-corrected chi connectivity index (χ1v) is 26.4. The van der Waals surface area contributed by atoms with Gasteiger partial charge in [-0.05, 0) is 102 Å². The number of hydrogen-bond acceptors (Lipinski definition) is 15. The molecular weight excluding hydrogens is 1140 g/mol. The lowest BCUT2D eigenvalue weighted by Crippen LogP contribution is -2.32. The van der Waals surface area contributed by atoms with Gasteiger partial charge in [-0.2, -0.15) is 9.98 Å². The number of isocyanates is 1. The molecule has 0 saturated carbocycles. The summed E-state index contributed by atoms with van der Waals surface area (Å²) in [5.41, 5.74) is 18.1. The topological polar surface area (TPSA) is 203 Å². The van der Waals surface area contributed by atoms with Crippen LogP contribution in [0.5, 0.6) is 23.3 Å². The van der Waals surface area contributed by atoms with Gasteiger partial charge in [0.05, 0.1) is 89.0 Å². The summed E-state index contributed by atoms with van der Waals surface area (Å²) in [6.07, 6.45) is 0.787. The lowest BCUT2D eigenvalue weighted by atomic mass is 9.93. The fourth-order valence-electron chi connectivity index (χ4n) is 9.73. The van der Waals surface area contributed by atoms with Gasteiger partial charge in [-0.1, -0.05) is 110 Å². The third-order valence-corrected chi connectivity index (χ3v) is 14.6. The maximum absolute atomic E-state index is 9.90. The lowest BCUT2D eigenvalue weighted by Gasteiger charge is -2.30. The van der Waals surface area contributed by atoms with E-state index in [4.69, 9.17) is 53.4 Å². The van der Waals surface area contributed by atoms with Crippen LogP contribution in [0.15, 0.2) is 162 Å². The zero-order chi connectivity index (χ0) is 56.1. The van der Waals surface area contributed by atoms with Gasteiger partial charge in [0.15, 0.2) is 0 Å². The van der Waals surface area contributed by atoms with Gasteiger partial charge in [0.1, 0.15) is 40.2 Å². The fourth-order valence-corrected chi connectivity index (χ4v) is 10.5. The van der Waals surface area contributed by atoms with E-state index < -0.39 is 11.2 Å². The molecule has 0 N–H and O–H groups in total. The minimum Gasteiger partial charge on any atom is -0.494 e. The van der Waals surface area contributed by atoms with E-state index in [2.05, 4.69) is 106 Å². The zero-order valence-electron chi connectivity index (χ0n) is 44.7. The largest absolute Gasteiger partial charge is 0.494 e. The average molecular weight is 1190 g/mol. The molecule has 0 spiro atoms. The number of aromatic nitrogens is 2. The van der Waals surface area contributed by atoms with Crippen molar-refractivity contribution in [3.05, 3.63) is 175 Å². The maximum atomic E-state index is 9.90. The number of ether oxygens (including phenoxy) is 8. The molecule has 19 heteroatoms. The Labute approximate surface area is 474 Å². The summed E-state index contributed by atoms with van der Waals surface area (Å²) in [4.78, 5) is 34.4. The highest BCUT2D eigenvalue weighted by Gasteiger charge is 2.46. The molecule has 404 valence electrons. The third-order valence-electron chi connectivity index (χ3n) is 13.6. The monoisotopic (exact) mass is 1190 g/mol. The van der Waals surface area contributed by atoms with Gasteiger partial charge < -0.3 is 37.9 Å². The molecule has 0 radical (unpaired) electrons. The summed E-state index contributed by atoms with van der Waals surface area (Å²) in [5, 5.41) is 5.68. The molecule has 0 aliphatic heterocycles. The quantitative estimate of drug-likeness (QED) is 0.0260. The fraction of sp³-hybridized carbons (Fsp3) is 0.267. The number of hydrogen-bond donors (Lipinski definition) is 0. The number of nitrogens with zero attached hydrogens (tertiary/aromatic N) is 8. The Hall–Kier alpha value is -7.79. The van der Waals surface area contributed by atoms with E-state index in [1.54, 1.807) is 53.7 Å². The summed E-state index contributed by atoms with van der Waals surface area (Å²) in [5.74, 6) is 2.32. The minimum atomic E-state index is -0.799. The van der Waals surface area contributed by atoms with Crippen LogP contribution in [0.2, 0.25) is 0 Å². The van der Waals surface area contributed by atoms with Crippen LogP contribution in [0.3, 0.4) is 0 Å². The summed E-state index contributed by atoms with van der Waals surface area (Å²) in [6, 6.07) is 45.8. The van der Waals surface area contributed by atoms with Crippen LogP contribution in [-0.4, -0.2) is 103 Å². The molecule has 79 heavy (non-hydrogen) atoms. The molecule has 8 aromatic rings. The maximum Gasteiger partial charge on any atom is 0.240 e. The Morgan fingerprint density at radius 2 is 1.03 bits per heavy atom. The van der Waals surface area contributed by atoms with Gasteiger partial charge in [0.25, 0.3) is 0 Å². The van der Waals surface area contributed by atoms with E-state index >= 15 is 0 Å². The van der Waals surface area contributed by atoms with Crippen molar-refractivity contribution in [3.8, 4) is 45.5 Å². The van der Waals surface area contributed by atoms with Crippen molar-refractivity contribution >= 4 is 77.1 Å². The summed E-state index contributed by atoms with van der Waals surface area (Å²) in [6.45, 7) is 5.15. The lowest BCUT2D eigenvalue weighted by molar-refractivity contribution is -0.0578. The third kappa shape index (κ3) is 12.1. The van der Waals surface area contributed by atoms with Crippen LogP contribution in [0, 0.1) is 0 Å². The summed E-state index contributed by atoms with van der Waals surface area (Å²) < 4.78 is 48.0. The molecule has 0 fully saturated rings. The second kappa shape index (κ2) is 26.2. The average Bonchev–Trinajstić information content (AvgIpc) is 4.17. The number of methoxy groups -OCH3 is 6. The molecule has 2 aliphatic carbocycles. The van der Waals surface area contributed by atoms with Crippen molar-refractivity contribution in [1.29, 1.82) is 0 Å². The molecule has 2 heterocycles. The first kappa shape index (κ1) is 57.4. The number of aliphatic imine (C=N–C) groups is 3. The molecule has 4 atom stereocenters. The first-order valence-electron chi connectivity index (χ1n) is 24.8. The van der Waals surface area contributed by atoms with Gasteiger partial charge in [-0.25, -0.2) is 19.8 Å². The van der Waals surface area contributed by atoms with Crippen LogP contribution in [0.1, 0.15) is 36.1 Å². The Morgan fingerprint density at radius 3 is 1.47 bits per heavy atom. The highest BCUT2D eigenvalue weighted by molar-refractivity contribution is 9.10. The number of para-hydroxylation sites is 4. The Morgan fingerprint density at radius 1 is 0.582 bits per heavy atom. The molecule has 4 unspecified atom stereocenters. The second-order valence-corrected chi connectivity index (χ2v) is 19.9. The first-order chi connectivity index (χ1) is 38.4. The number of fused-ring (bicyclic) bond motifs is 10. The smallest absolute Gasteiger partial charge is 0.240 e. The molecule has 2 aliphatic rings. The molecule has 17 nitrogen and oxygen atoms in total. The molecule has 0 saturated heterocycles. The van der Waals surface area contributed by atoms with Crippen LogP contribution in [0.25, 0.3) is 54.5 Å². The van der Waals surface area contributed by atoms with E-state index in [0.717, 1.165) is 75.3 Å². The predicted molar refractivity (Wildman–Crippen MR) is 311 cm³/mol. The predicted octanol–water partition coefficient (Wildman–Crippen LogP) is 14.0. The van der Waals surface area contributed by atoms with Crippen LogP contribution in [-0.2, 0) is 34.9 Å². The zero-order valence-corrected chi connectivity index (χ0v) is 47.9. The number of benzene rings is 6. The van der Waals surface area contributed by atoms with Crippen molar-refractivity contribution in [2.45, 2.75) is 37.3 Å². The molecule has 6 aromatic carbocycles. The normalized spacial score (nSPS) is 15.8. The summed E-state index contributed by atoms with van der Waals surface area (Å²) in [7, 11) is 9.62. The van der Waals surface area contributed by atoms with Crippen molar-refractivity contribution in [3.63, 3.8) is 0 Å². The Balaban J connectivity index is 0.000000178. The van der Waals surface area contributed by atoms with E-state index in [0.29, 0.717) is 47.8 Å². The van der Waals surface area contributed by atoms with Crippen molar-refractivity contribution in [2.75, 3.05) is 69.0 Å². The highest BCUT2D eigenvalue weighted by Crippen LogP contribution is 2.56. The number of rotatable bonds is 18. The van der Waals surface area contributed by atoms with Gasteiger partial charge in [0, 0.05) is 50.0 Å². The standard InChI is InChI=1S/C30H28BrN3O4.C22H21BrN4O3.C8H7NO2/c1-30(38-17-20(35-2)16-32-18-33-25-11-7-8-12-26(25)36-3)23-10-6-5-9-21(23)27-22-15-19(31)13-14-24(22)34-29(37-4)28(27)30;1-22(30-12-14(28-2)11-25-27-24)17-7-5-4-6-15(17)19-16-10-13(23)8-9-18(16)26-21(29-3)20(19)22;1-11-8-5-3-2-4-7(8)9-6-10/h5-15,20H,16-17H2,1-4H3;4-10,14H,11-12H2,1-3H3;2-5H,1H3. The van der Waals surface area contributed by atoms with Crippen molar-refractivity contribution in [1.82, 2.24) is 9.97 Å². The number of carbonyl (C=O) groups excluding carboxylic acids is 1. The molecule has 0 amide bonds. The van der Waals surface area contributed by atoms with Gasteiger partial charge in [-0.15, -0.1) is 0 Å². The SMILES string of the molecule is COc1ccccc1N=C=NCC(COC1(C)c2ccccc2-c2c1c(OC)nc1ccc(Br)cc21)OC.COc1ccccc1N=C=O.COc1nc2ccc(Br)cc2c2c1C(C)(OCC(CN=[N+]=[N-])OC)c1ccccc1-2. The molecule has 2 aromatic heterocycles. The van der Waals surface area contributed by atoms with Crippen LogP contribution < -0.4 is 18.9 Å². The molecule has 0 bridgehead atoms.